The summed E-state index contributed by atoms with van der Waals surface area (Å²) in [4.78, 5) is 0. The molecule has 0 heterocycles. The second kappa shape index (κ2) is 4.51. The zero-order chi connectivity index (χ0) is 9.68. The molecule has 0 aliphatic rings. The number of methoxy groups -OCH3 is 1. The minimum Gasteiger partial charge on any atom is -0.496 e. The van der Waals surface area contributed by atoms with Crippen LogP contribution in [0.15, 0.2) is 43.0 Å². The van der Waals surface area contributed by atoms with Crippen molar-refractivity contribution in [1.29, 1.82) is 0 Å². The van der Waals surface area contributed by atoms with Gasteiger partial charge in [-0.15, -0.1) is 0 Å². The van der Waals surface area contributed by atoms with Crippen molar-refractivity contribution < 1.29 is 4.74 Å². The Morgan fingerprint density at radius 3 is 2.62 bits per heavy atom. The molecule has 0 atom stereocenters. The lowest BCUT2D eigenvalue weighted by Gasteiger charge is -2.07. The Bertz CT molecular complexity index is 324. The number of hydrogen-bond acceptors (Lipinski definition) is 1. The summed E-state index contributed by atoms with van der Waals surface area (Å²) in [6, 6.07) is 8.11. The zero-order valence-electron chi connectivity index (χ0n) is 8.08. The first kappa shape index (κ1) is 9.59. The minimum atomic E-state index is 0.855. The molecule has 0 aromatic heterocycles. The van der Waals surface area contributed by atoms with E-state index in [0.29, 0.717) is 0 Å². The molecule has 1 aromatic rings. The molecule has 0 bridgehead atoms. The van der Waals surface area contributed by atoms with Gasteiger partial charge in [0.15, 0.2) is 0 Å². The first-order valence-electron chi connectivity index (χ1n) is 4.22. The number of allylic oxidation sites excluding steroid dienone is 2. The molecule has 0 aliphatic heterocycles. The number of hydrogen-bond donors (Lipinski definition) is 0. The van der Waals surface area contributed by atoms with Crippen LogP contribution in [0.25, 0.3) is 5.76 Å². The Morgan fingerprint density at radius 1 is 1.38 bits per heavy atom. The van der Waals surface area contributed by atoms with Gasteiger partial charge in [0.2, 0.25) is 0 Å². The quantitative estimate of drug-likeness (QED) is 0.505. The van der Waals surface area contributed by atoms with E-state index in [1.165, 1.54) is 5.56 Å². The SMILES string of the molecule is C=C/C=C(/OC)c1ccccc1C. The minimum absolute atomic E-state index is 0.855. The second-order valence-electron chi connectivity index (χ2n) is 2.79. The fraction of sp³-hybridized carbons (Fsp3) is 0.167. The van der Waals surface area contributed by atoms with Crippen LogP contribution in [0.3, 0.4) is 0 Å². The summed E-state index contributed by atoms with van der Waals surface area (Å²) in [6.45, 7) is 5.71. The number of aryl methyl sites for hydroxylation is 1. The van der Waals surface area contributed by atoms with E-state index >= 15 is 0 Å². The van der Waals surface area contributed by atoms with Crippen LogP contribution in [0.5, 0.6) is 0 Å². The van der Waals surface area contributed by atoms with Crippen LogP contribution in [0.2, 0.25) is 0 Å². The smallest absolute Gasteiger partial charge is 0.126 e. The van der Waals surface area contributed by atoms with Crippen LogP contribution in [0.4, 0.5) is 0 Å². The molecule has 1 rings (SSSR count). The molecule has 0 fully saturated rings. The van der Waals surface area contributed by atoms with E-state index in [-0.39, 0.29) is 0 Å². The molecule has 68 valence electrons. The molecule has 0 radical (unpaired) electrons. The van der Waals surface area contributed by atoms with Crippen LogP contribution in [-0.2, 0) is 4.74 Å². The molecule has 0 amide bonds. The molecular weight excluding hydrogens is 160 g/mol. The molecule has 13 heavy (non-hydrogen) atoms. The lowest BCUT2D eigenvalue weighted by atomic mass is 10.1. The van der Waals surface area contributed by atoms with E-state index in [1.807, 2.05) is 24.3 Å². The summed E-state index contributed by atoms with van der Waals surface area (Å²) >= 11 is 0. The van der Waals surface area contributed by atoms with Gasteiger partial charge in [-0.05, 0) is 18.6 Å². The zero-order valence-corrected chi connectivity index (χ0v) is 8.08. The van der Waals surface area contributed by atoms with Gasteiger partial charge < -0.3 is 4.74 Å². The van der Waals surface area contributed by atoms with Crippen LogP contribution in [0, 0.1) is 6.92 Å². The molecule has 1 aromatic carbocycles. The number of ether oxygens (including phenoxy) is 1. The Balaban J connectivity index is 3.12. The highest BCUT2D eigenvalue weighted by Crippen LogP contribution is 2.18. The molecule has 1 nitrogen and oxygen atoms in total. The summed E-state index contributed by atoms with van der Waals surface area (Å²) < 4.78 is 5.25. The monoisotopic (exact) mass is 174 g/mol. The highest BCUT2D eigenvalue weighted by Gasteiger charge is 2.01. The third-order valence-corrected chi connectivity index (χ3v) is 1.90. The third-order valence-electron chi connectivity index (χ3n) is 1.90. The highest BCUT2D eigenvalue weighted by atomic mass is 16.5. The predicted octanol–water partition coefficient (Wildman–Crippen LogP) is 3.17. The summed E-state index contributed by atoms with van der Waals surface area (Å²) in [6.07, 6.45) is 3.59. The normalized spacial score (nSPS) is 11.1. The predicted molar refractivity (Wildman–Crippen MR) is 56.4 cm³/mol. The summed E-state index contributed by atoms with van der Waals surface area (Å²) in [7, 11) is 1.67. The second-order valence-corrected chi connectivity index (χ2v) is 2.79. The first-order valence-corrected chi connectivity index (χ1v) is 4.22. The molecule has 0 aliphatic carbocycles. The van der Waals surface area contributed by atoms with Gasteiger partial charge in [0, 0.05) is 5.56 Å². The van der Waals surface area contributed by atoms with E-state index in [4.69, 9.17) is 4.74 Å². The molecule has 0 saturated carbocycles. The fourth-order valence-electron chi connectivity index (χ4n) is 1.22. The van der Waals surface area contributed by atoms with E-state index in [1.54, 1.807) is 13.2 Å². The molecule has 1 heteroatoms. The summed E-state index contributed by atoms with van der Waals surface area (Å²) in [5, 5.41) is 0. The van der Waals surface area contributed by atoms with Crippen molar-refractivity contribution in [2.24, 2.45) is 0 Å². The molecule has 0 unspecified atom stereocenters. The van der Waals surface area contributed by atoms with E-state index in [9.17, 15) is 0 Å². The maximum absolute atomic E-state index is 5.25. The van der Waals surface area contributed by atoms with Gasteiger partial charge in [-0.2, -0.15) is 0 Å². The van der Waals surface area contributed by atoms with Crippen molar-refractivity contribution in [1.82, 2.24) is 0 Å². The highest BCUT2D eigenvalue weighted by molar-refractivity contribution is 5.63. The Kier molecular flexibility index (Phi) is 3.32. The molecular formula is C12H14O. The van der Waals surface area contributed by atoms with Crippen LogP contribution in [-0.4, -0.2) is 7.11 Å². The summed E-state index contributed by atoms with van der Waals surface area (Å²) in [5.41, 5.74) is 2.32. The molecule has 0 saturated heterocycles. The van der Waals surface area contributed by atoms with Crippen molar-refractivity contribution >= 4 is 5.76 Å². The lowest BCUT2D eigenvalue weighted by molar-refractivity contribution is 0.370. The van der Waals surface area contributed by atoms with Crippen LogP contribution >= 0.6 is 0 Å². The van der Waals surface area contributed by atoms with Gasteiger partial charge in [-0.3, -0.25) is 0 Å². The third kappa shape index (κ3) is 2.22. The summed E-state index contributed by atoms with van der Waals surface area (Å²) in [5.74, 6) is 0.855. The van der Waals surface area contributed by atoms with Crippen molar-refractivity contribution in [3.05, 3.63) is 54.1 Å². The average Bonchev–Trinajstić information content (AvgIpc) is 2.16. The van der Waals surface area contributed by atoms with Gasteiger partial charge in [0.25, 0.3) is 0 Å². The van der Waals surface area contributed by atoms with Gasteiger partial charge in [0.1, 0.15) is 5.76 Å². The lowest BCUT2D eigenvalue weighted by Crippen LogP contribution is -1.90. The van der Waals surface area contributed by atoms with Crippen LogP contribution < -0.4 is 0 Å². The average molecular weight is 174 g/mol. The Morgan fingerprint density at radius 2 is 2.08 bits per heavy atom. The molecule has 0 N–H and O–H groups in total. The van der Waals surface area contributed by atoms with Crippen LogP contribution in [0.1, 0.15) is 11.1 Å². The van der Waals surface area contributed by atoms with Crippen molar-refractivity contribution in [2.75, 3.05) is 7.11 Å². The largest absolute Gasteiger partial charge is 0.496 e. The topological polar surface area (TPSA) is 9.23 Å². The van der Waals surface area contributed by atoms with E-state index < -0.39 is 0 Å². The van der Waals surface area contributed by atoms with E-state index in [0.717, 1.165) is 11.3 Å². The molecule has 0 spiro atoms. The van der Waals surface area contributed by atoms with Gasteiger partial charge in [0.05, 0.1) is 7.11 Å². The number of benzene rings is 1. The van der Waals surface area contributed by atoms with E-state index in [2.05, 4.69) is 19.6 Å². The van der Waals surface area contributed by atoms with Gasteiger partial charge >= 0.3 is 0 Å². The van der Waals surface area contributed by atoms with Crippen molar-refractivity contribution in [2.45, 2.75) is 6.92 Å². The fourth-order valence-corrected chi connectivity index (χ4v) is 1.22. The maximum atomic E-state index is 5.25. The maximum Gasteiger partial charge on any atom is 0.126 e. The first-order chi connectivity index (χ1) is 6.29. The Labute approximate surface area is 79.4 Å². The van der Waals surface area contributed by atoms with Gasteiger partial charge in [-0.25, -0.2) is 0 Å². The Hall–Kier alpha value is -1.50. The number of rotatable bonds is 3. The van der Waals surface area contributed by atoms with Gasteiger partial charge in [-0.1, -0.05) is 36.9 Å². The van der Waals surface area contributed by atoms with Crippen molar-refractivity contribution in [3.63, 3.8) is 0 Å². The standard InChI is InChI=1S/C12H14O/c1-4-7-12(13-3)11-9-6-5-8-10(11)2/h4-9H,1H2,2-3H3/b12-7+. The van der Waals surface area contributed by atoms with Crippen molar-refractivity contribution in [3.8, 4) is 0 Å².